The zero-order valence-electron chi connectivity index (χ0n) is 11.0. The smallest absolute Gasteiger partial charge is 0.305 e. The summed E-state index contributed by atoms with van der Waals surface area (Å²) < 4.78 is 5.86. The normalized spacial score (nSPS) is 10.6. The predicted octanol–water partition coefficient (Wildman–Crippen LogP) is 2.84. The highest BCUT2D eigenvalue weighted by Crippen LogP contribution is 2.35. The Balaban J connectivity index is 2.89. The van der Waals surface area contributed by atoms with Crippen LogP contribution in [0.4, 0.5) is 0 Å². The fraction of sp³-hybridized carbons (Fsp3) is 0.500. The molecule has 0 bridgehead atoms. The van der Waals surface area contributed by atoms with Gasteiger partial charge >= 0.3 is 5.97 Å². The molecule has 0 saturated heterocycles. The van der Waals surface area contributed by atoms with E-state index in [2.05, 4.69) is 15.9 Å². The minimum Gasteiger partial charge on any atom is -0.495 e. The molecule has 0 aliphatic rings. The van der Waals surface area contributed by atoms with Crippen LogP contribution in [-0.2, 0) is 4.79 Å². The number of carboxylic acid groups (broad SMARTS) is 1. The molecule has 0 aliphatic heterocycles. The number of hydrogen-bond acceptors (Lipinski definition) is 4. The highest BCUT2D eigenvalue weighted by molar-refractivity contribution is 9.11. The molecule has 19 heavy (non-hydrogen) atoms. The van der Waals surface area contributed by atoms with Gasteiger partial charge in [0.05, 0.1) is 18.4 Å². The molecule has 5 nitrogen and oxygen atoms in total. The van der Waals surface area contributed by atoms with Crippen LogP contribution in [0.2, 0.25) is 0 Å². The lowest BCUT2D eigenvalue weighted by Gasteiger charge is -2.25. The van der Waals surface area contributed by atoms with Crippen molar-refractivity contribution in [3.05, 3.63) is 14.7 Å². The van der Waals surface area contributed by atoms with E-state index in [0.717, 1.165) is 3.79 Å². The number of thiophene rings is 1. The van der Waals surface area contributed by atoms with Crippen LogP contribution in [-0.4, -0.2) is 41.6 Å². The first-order chi connectivity index (χ1) is 8.86. The van der Waals surface area contributed by atoms with Gasteiger partial charge in [0.25, 0.3) is 5.91 Å². The molecule has 106 valence electrons. The van der Waals surface area contributed by atoms with Crippen LogP contribution in [0.15, 0.2) is 9.85 Å². The molecule has 1 N–H and O–H groups in total. The number of carboxylic acids is 1. The lowest BCUT2D eigenvalue weighted by Crippen LogP contribution is -2.38. The van der Waals surface area contributed by atoms with Gasteiger partial charge in [0.2, 0.25) is 0 Å². The second-order valence-electron chi connectivity index (χ2n) is 4.19. The van der Waals surface area contributed by atoms with Crippen molar-refractivity contribution in [1.29, 1.82) is 0 Å². The third-order valence-electron chi connectivity index (χ3n) is 2.54. The van der Waals surface area contributed by atoms with E-state index in [1.807, 2.05) is 13.8 Å². The van der Waals surface area contributed by atoms with Crippen molar-refractivity contribution in [3.8, 4) is 5.75 Å². The topological polar surface area (TPSA) is 66.8 Å². The largest absolute Gasteiger partial charge is 0.495 e. The third kappa shape index (κ3) is 4.21. The quantitative estimate of drug-likeness (QED) is 0.857. The molecule has 1 aromatic rings. The summed E-state index contributed by atoms with van der Waals surface area (Å²) in [5.41, 5.74) is 0. The van der Waals surface area contributed by atoms with Gasteiger partial charge in [-0.3, -0.25) is 9.59 Å². The number of aliphatic carboxylic acids is 1. The Labute approximate surface area is 124 Å². The van der Waals surface area contributed by atoms with Crippen LogP contribution in [0.3, 0.4) is 0 Å². The number of rotatable bonds is 6. The van der Waals surface area contributed by atoms with Crippen LogP contribution in [0, 0.1) is 0 Å². The van der Waals surface area contributed by atoms with Gasteiger partial charge in [-0.15, -0.1) is 11.3 Å². The number of ether oxygens (including phenoxy) is 1. The predicted molar refractivity (Wildman–Crippen MR) is 77.0 cm³/mol. The van der Waals surface area contributed by atoms with E-state index in [4.69, 9.17) is 9.84 Å². The van der Waals surface area contributed by atoms with Gasteiger partial charge < -0.3 is 14.7 Å². The van der Waals surface area contributed by atoms with Crippen LogP contribution >= 0.6 is 27.3 Å². The summed E-state index contributed by atoms with van der Waals surface area (Å²) in [6.07, 6.45) is -0.0619. The van der Waals surface area contributed by atoms with Crippen molar-refractivity contribution < 1.29 is 19.4 Å². The molecule has 0 aliphatic carbocycles. The second kappa shape index (κ2) is 6.91. The summed E-state index contributed by atoms with van der Waals surface area (Å²) in [5, 5.41) is 8.72. The van der Waals surface area contributed by atoms with Gasteiger partial charge in [0.15, 0.2) is 0 Å². The lowest BCUT2D eigenvalue weighted by molar-refractivity contribution is -0.137. The molecule has 0 spiro atoms. The monoisotopic (exact) mass is 349 g/mol. The molecule has 0 fully saturated rings. The number of nitrogens with zero attached hydrogens (tertiary/aromatic N) is 1. The number of methoxy groups -OCH3 is 1. The first kappa shape index (κ1) is 16.0. The van der Waals surface area contributed by atoms with Crippen molar-refractivity contribution in [2.45, 2.75) is 26.3 Å². The summed E-state index contributed by atoms with van der Waals surface area (Å²) in [6.45, 7) is 3.92. The molecule has 1 rings (SSSR count). The van der Waals surface area contributed by atoms with Crippen molar-refractivity contribution in [2.75, 3.05) is 13.7 Å². The summed E-state index contributed by atoms with van der Waals surface area (Å²) in [5.74, 6) is -0.482. The zero-order chi connectivity index (χ0) is 14.6. The van der Waals surface area contributed by atoms with E-state index in [9.17, 15) is 9.59 Å². The van der Waals surface area contributed by atoms with E-state index in [-0.39, 0.29) is 24.9 Å². The molecular formula is C12H16BrNO4S. The Hall–Kier alpha value is -1.08. The van der Waals surface area contributed by atoms with Gasteiger partial charge in [-0.2, -0.15) is 0 Å². The number of carbonyl (C=O) groups excluding carboxylic acids is 1. The maximum atomic E-state index is 12.3. The van der Waals surface area contributed by atoms with E-state index >= 15 is 0 Å². The van der Waals surface area contributed by atoms with Crippen molar-refractivity contribution in [2.24, 2.45) is 0 Å². The first-order valence-corrected chi connectivity index (χ1v) is 7.33. The van der Waals surface area contributed by atoms with Crippen LogP contribution < -0.4 is 4.74 Å². The van der Waals surface area contributed by atoms with E-state index in [1.54, 1.807) is 11.0 Å². The Kier molecular flexibility index (Phi) is 5.81. The standard InChI is InChI=1S/C12H16BrNO4S/c1-7(2)14(5-4-10(15)16)12(17)9-6-8(18-3)11(13)19-9/h6-7H,4-5H2,1-3H3,(H,15,16). The molecule has 0 unspecified atom stereocenters. The minimum absolute atomic E-state index is 0.0567. The maximum absolute atomic E-state index is 12.3. The zero-order valence-corrected chi connectivity index (χ0v) is 13.4. The highest BCUT2D eigenvalue weighted by Gasteiger charge is 2.22. The fourth-order valence-electron chi connectivity index (χ4n) is 1.55. The van der Waals surface area contributed by atoms with Crippen molar-refractivity contribution >= 4 is 39.1 Å². The van der Waals surface area contributed by atoms with Gasteiger partial charge in [-0.25, -0.2) is 0 Å². The number of hydrogen-bond donors (Lipinski definition) is 1. The fourth-order valence-corrected chi connectivity index (χ4v) is 3.15. The van der Waals surface area contributed by atoms with Gasteiger partial charge in [0, 0.05) is 18.7 Å². The Morgan fingerprint density at radius 1 is 1.53 bits per heavy atom. The molecule has 0 aromatic carbocycles. The minimum atomic E-state index is -0.914. The molecule has 0 radical (unpaired) electrons. The van der Waals surface area contributed by atoms with E-state index < -0.39 is 5.97 Å². The number of amides is 1. The number of carbonyl (C=O) groups is 2. The SMILES string of the molecule is COc1cc(C(=O)N(CCC(=O)O)C(C)C)sc1Br. The van der Waals surface area contributed by atoms with Gasteiger partial charge in [-0.05, 0) is 29.8 Å². The molecule has 1 heterocycles. The summed E-state index contributed by atoms with van der Waals surface area (Å²) in [6, 6.07) is 1.60. The first-order valence-electron chi connectivity index (χ1n) is 5.73. The Morgan fingerprint density at radius 3 is 2.58 bits per heavy atom. The molecule has 0 saturated carbocycles. The molecule has 0 atom stereocenters. The van der Waals surface area contributed by atoms with Gasteiger partial charge in [-0.1, -0.05) is 0 Å². The van der Waals surface area contributed by atoms with Gasteiger partial charge in [0.1, 0.15) is 9.54 Å². The van der Waals surface area contributed by atoms with Crippen molar-refractivity contribution in [3.63, 3.8) is 0 Å². The molecule has 1 aromatic heterocycles. The Bertz CT molecular complexity index is 472. The van der Waals surface area contributed by atoms with Crippen LogP contribution in [0.1, 0.15) is 29.9 Å². The van der Waals surface area contributed by atoms with Crippen LogP contribution in [0.25, 0.3) is 0 Å². The molecular weight excluding hydrogens is 334 g/mol. The summed E-state index contributed by atoms with van der Waals surface area (Å²) in [4.78, 5) is 25.1. The maximum Gasteiger partial charge on any atom is 0.305 e. The molecule has 7 heteroatoms. The number of halogens is 1. The van der Waals surface area contributed by atoms with Crippen LogP contribution in [0.5, 0.6) is 5.75 Å². The highest BCUT2D eigenvalue weighted by atomic mass is 79.9. The van der Waals surface area contributed by atoms with E-state index in [1.165, 1.54) is 18.4 Å². The lowest BCUT2D eigenvalue weighted by atomic mass is 10.2. The van der Waals surface area contributed by atoms with Crippen molar-refractivity contribution in [1.82, 2.24) is 4.90 Å². The average molecular weight is 350 g/mol. The molecule has 1 amide bonds. The second-order valence-corrected chi connectivity index (χ2v) is 6.56. The Morgan fingerprint density at radius 2 is 2.16 bits per heavy atom. The summed E-state index contributed by atoms with van der Waals surface area (Å²) >= 11 is 4.60. The summed E-state index contributed by atoms with van der Waals surface area (Å²) in [7, 11) is 1.53. The average Bonchev–Trinajstić information content (AvgIpc) is 2.69. The third-order valence-corrected chi connectivity index (χ3v) is 4.31. The van der Waals surface area contributed by atoms with E-state index in [0.29, 0.717) is 10.6 Å².